The number of pyridine rings is 1. The third-order valence-electron chi connectivity index (χ3n) is 5.86. The van der Waals surface area contributed by atoms with E-state index in [0.29, 0.717) is 18.1 Å². The molecule has 0 spiro atoms. The summed E-state index contributed by atoms with van der Waals surface area (Å²) in [7, 11) is -1.64. The van der Waals surface area contributed by atoms with Gasteiger partial charge >= 0.3 is 0 Å². The van der Waals surface area contributed by atoms with E-state index in [0.717, 1.165) is 37.5 Å². The van der Waals surface area contributed by atoms with Crippen LogP contribution in [0.3, 0.4) is 0 Å². The van der Waals surface area contributed by atoms with Gasteiger partial charge in [-0.1, -0.05) is 30.3 Å². The Kier molecular flexibility index (Phi) is 7.50. The molecule has 1 aromatic carbocycles. The normalized spacial score (nSPS) is 20.8. The lowest BCUT2D eigenvalue weighted by Gasteiger charge is -2.30. The molecule has 0 aliphatic heterocycles. The van der Waals surface area contributed by atoms with E-state index in [-0.39, 0.29) is 24.1 Å². The Hall–Kier alpha value is -1.96. The number of nitrogens with one attached hydrogen (secondary N) is 1. The van der Waals surface area contributed by atoms with Crippen molar-refractivity contribution >= 4 is 10.0 Å². The number of benzene rings is 1. The Morgan fingerprint density at radius 3 is 2.47 bits per heavy atom. The van der Waals surface area contributed by atoms with Crippen LogP contribution in [0, 0.1) is 6.92 Å². The summed E-state index contributed by atoms with van der Waals surface area (Å²) in [6.45, 7) is 2.40. The summed E-state index contributed by atoms with van der Waals surface area (Å²) in [5, 5.41) is 0. The fourth-order valence-electron chi connectivity index (χ4n) is 4.26. The Balaban J connectivity index is 1.65. The van der Waals surface area contributed by atoms with E-state index in [1.807, 2.05) is 19.1 Å². The van der Waals surface area contributed by atoms with Crippen molar-refractivity contribution in [1.29, 1.82) is 0 Å². The second-order valence-electron chi connectivity index (χ2n) is 8.42. The third kappa shape index (κ3) is 6.27. The molecule has 1 N–H and O–H groups in total. The molecule has 1 atom stereocenters. The van der Waals surface area contributed by atoms with Gasteiger partial charge in [-0.15, -0.1) is 0 Å². The molecule has 3 rings (SSSR count). The first-order chi connectivity index (χ1) is 14.2. The first kappa shape index (κ1) is 22.7. The molecule has 0 bridgehead atoms. The predicted octanol–water partition coefficient (Wildman–Crippen LogP) is 3.07. The maximum Gasteiger partial charge on any atom is 0.253 e. The van der Waals surface area contributed by atoms with Crippen molar-refractivity contribution in [3.63, 3.8) is 0 Å². The van der Waals surface area contributed by atoms with Gasteiger partial charge in [0, 0.05) is 31.3 Å². The highest BCUT2D eigenvalue weighted by atomic mass is 32.2. The molecule has 0 radical (unpaired) electrons. The molecule has 0 amide bonds. The van der Waals surface area contributed by atoms with Gasteiger partial charge in [0.05, 0.1) is 19.0 Å². The van der Waals surface area contributed by atoms with Crippen LogP contribution in [0.2, 0.25) is 0 Å². The Morgan fingerprint density at radius 2 is 1.83 bits per heavy atom. The van der Waals surface area contributed by atoms with Crippen molar-refractivity contribution < 1.29 is 13.2 Å². The number of nitrogens with zero attached hydrogens (tertiary/aromatic N) is 1. The maximum atomic E-state index is 12.7. The number of ether oxygens (including phenoxy) is 1. The second kappa shape index (κ2) is 9.90. The average molecular weight is 433 g/mol. The summed E-state index contributed by atoms with van der Waals surface area (Å²) >= 11 is 0. The molecule has 2 aromatic rings. The zero-order valence-electron chi connectivity index (χ0n) is 18.0. The highest BCUT2D eigenvalue weighted by molar-refractivity contribution is 7.88. The lowest BCUT2D eigenvalue weighted by Crippen LogP contribution is -2.35. The molecular formula is C23H32N2O4S. The number of aryl methyl sites for hydroxylation is 2. The molecular weight excluding hydrogens is 400 g/mol. The molecule has 1 aliphatic carbocycles. The summed E-state index contributed by atoms with van der Waals surface area (Å²) in [5.41, 5.74) is 2.82. The molecule has 1 saturated carbocycles. The van der Waals surface area contributed by atoms with Gasteiger partial charge in [-0.05, 0) is 55.7 Å². The standard InChI is InChI=1S/C23H32N2O4S/c1-17-13-22(23(26)25(2)15-17)20(14-24-30(3,27)28)16-29-21-11-9-19(10-12-21)18-7-5-4-6-8-18/h4-8,13,15,19-21,24H,9-12,14,16H2,1-3H3. The van der Waals surface area contributed by atoms with Crippen molar-refractivity contribution in [1.82, 2.24) is 9.29 Å². The van der Waals surface area contributed by atoms with Crippen LogP contribution in [0.1, 0.15) is 54.2 Å². The van der Waals surface area contributed by atoms with Gasteiger partial charge in [-0.25, -0.2) is 13.1 Å². The van der Waals surface area contributed by atoms with Crippen molar-refractivity contribution in [2.75, 3.05) is 19.4 Å². The molecule has 6 nitrogen and oxygen atoms in total. The molecule has 1 aromatic heterocycles. The second-order valence-corrected chi connectivity index (χ2v) is 10.3. The van der Waals surface area contributed by atoms with Gasteiger partial charge in [0.2, 0.25) is 10.0 Å². The van der Waals surface area contributed by atoms with Crippen LogP contribution < -0.4 is 10.3 Å². The first-order valence-corrected chi connectivity index (χ1v) is 12.4. The summed E-state index contributed by atoms with van der Waals surface area (Å²) in [5.74, 6) is 0.239. The minimum Gasteiger partial charge on any atom is -0.378 e. The number of hydrogen-bond acceptors (Lipinski definition) is 4. The summed E-state index contributed by atoms with van der Waals surface area (Å²) in [6.07, 6.45) is 7.14. The summed E-state index contributed by atoms with van der Waals surface area (Å²) in [4.78, 5) is 12.7. The Bertz CT molecular complexity index is 994. The number of hydrogen-bond donors (Lipinski definition) is 1. The minimum absolute atomic E-state index is 0.114. The van der Waals surface area contributed by atoms with Crippen LogP contribution in [0.5, 0.6) is 0 Å². The van der Waals surface area contributed by atoms with Crippen molar-refractivity contribution in [3.8, 4) is 0 Å². The molecule has 1 fully saturated rings. The highest BCUT2D eigenvalue weighted by Gasteiger charge is 2.25. The van der Waals surface area contributed by atoms with Gasteiger partial charge < -0.3 is 9.30 Å². The first-order valence-electron chi connectivity index (χ1n) is 10.5. The molecule has 1 aliphatic rings. The van der Waals surface area contributed by atoms with Crippen LogP contribution in [0.15, 0.2) is 47.4 Å². The molecule has 30 heavy (non-hydrogen) atoms. The van der Waals surface area contributed by atoms with Gasteiger partial charge in [0.15, 0.2) is 0 Å². The molecule has 0 saturated heterocycles. The Morgan fingerprint density at radius 1 is 1.17 bits per heavy atom. The molecule has 164 valence electrons. The van der Waals surface area contributed by atoms with Crippen LogP contribution in [0.25, 0.3) is 0 Å². The van der Waals surface area contributed by atoms with E-state index >= 15 is 0 Å². The van der Waals surface area contributed by atoms with Gasteiger partial charge in [-0.2, -0.15) is 0 Å². The monoisotopic (exact) mass is 432 g/mol. The minimum atomic E-state index is -3.36. The van der Waals surface area contributed by atoms with E-state index in [9.17, 15) is 13.2 Å². The van der Waals surface area contributed by atoms with Gasteiger partial charge in [0.1, 0.15) is 0 Å². The van der Waals surface area contributed by atoms with E-state index in [4.69, 9.17) is 4.74 Å². The lowest BCUT2D eigenvalue weighted by atomic mass is 9.83. The summed E-state index contributed by atoms with van der Waals surface area (Å²) < 4.78 is 33.5. The average Bonchev–Trinajstić information content (AvgIpc) is 2.71. The predicted molar refractivity (Wildman–Crippen MR) is 119 cm³/mol. The largest absolute Gasteiger partial charge is 0.378 e. The fraction of sp³-hybridized carbons (Fsp3) is 0.522. The van der Waals surface area contributed by atoms with Crippen LogP contribution >= 0.6 is 0 Å². The van der Waals surface area contributed by atoms with Crippen molar-refractivity contribution in [2.24, 2.45) is 7.05 Å². The van der Waals surface area contributed by atoms with Gasteiger partial charge in [0.25, 0.3) is 5.56 Å². The fourth-order valence-corrected chi connectivity index (χ4v) is 4.76. The van der Waals surface area contributed by atoms with E-state index < -0.39 is 10.0 Å². The zero-order chi connectivity index (χ0) is 21.7. The molecule has 1 unspecified atom stereocenters. The molecule has 7 heteroatoms. The smallest absolute Gasteiger partial charge is 0.253 e. The van der Waals surface area contributed by atoms with Crippen LogP contribution in [-0.4, -0.2) is 38.5 Å². The lowest BCUT2D eigenvalue weighted by molar-refractivity contribution is 0.0168. The third-order valence-corrected chi connectivity index (χ3v) is 6.55. The topological polar surface area (TPSA) is 77.4 Å². The molecule has 1 heterocycles. The van der Waals surface area contributed by atoms with Gasteiger partial charge in [-0.3, -0.25) is 4.79 Å². The number of sulfonamides is 1. The zero-order valence-corrected chi connectivity index (χ0v) is 18.8. The SMILES string of the molecule is Cc1cc(C(CNS(C)(=O)=O)COC2CCC(c3ccccc3)CC2)c(=O)n(C)c1. The Labute approximate surface area is 179 Å². The maximum absolute atomic E-state index is 12.7. The van der Waals surface area contributed by atoms with Crippen LogP contribution in [-0.2, 0) is 21.8 Å². The number of rotatable bonds is 8. The van der Waals surface area contributed by atoms with E-state index in [1.165, 1.54) is 5.56 Å². The quantitative estimate of drug-likeness (QED) is 0.695. The van der Waals surface area contributed by atoms with Crippen LogP contribution in [0.4, 0.5) is 0 Å². The van der Waals surface area contributed by atoms with Crippen molar-refractivity contribution in [2.45, 2.75) is 50.5 Å². The van der Waals surface area contributed by atoms with Crippen molar-refractivity contribution in [3.05, 3.63) is 69.6 Å². The summed E-state index contributed by atoms with van der Waals surface area (Å²) in [6, 6.07) is 12.4. The highest BCUT2D eigenvalue weighted by Crippen LogP contribution is 2.34. The van der Waals surface area contributed by atoms with E-state index in [1.54, 1.807) is 17.8 Å². The van der Waals surface area contributed by atoms with E-state index in [2.05, 4.69) is 29.0 Å². The number of aromatic nitrogens is 1.